The van der Waals surface area contributed by atoms with Gasteiger partial charge in [-0.1, -0.05) is 41.4 Å². The average molecular weight is 364 g/mol. The second kappa shape index (κ2) is 7.07. The minimum Gasteiger partial charge on any atom is -0.467 e. The van der Waals surface area contributed by atoms with Crippen molar-refractivity contribution in [2.24, 2.45) is 0 Å². The van der Waals surface area contributed by atoms with Crippen LogP contribution in [0.15, 0.2) is 65.3 Å². The highest BCUT2D eigenvalue weighted by Crippen LogP contribution is 2.28. The van der Waals surface area contributed by atoms with Gasteiger partial charge in [0.25, 0.3) is 5.91 Å². The fourth-order valence-corrected chi connectivity index (χ4v) is 2.74. The summed E-state index contributed by atoms with van der Waals surface area (Å²) in [7, 11) is 0. The Morgan fingerprint density at radius 3 is 2.46 bits per heavy atom. The Balaban J connectivity index is 2.02. The SMILES string of the molecule is O=C(c1cc(F)c(Cl)cc1Cl)N(Cc1ccco1)c1ccccc1. The van der Waals surface area contributed by atoms with E-state index < -0.39 is 11.7 Å². The molecule has 0 N–H and O–H groups in total. The number of amides is 1. The van der Waals surface area contributed by atoms with Gasteiger partial charge in [0, 0.05) is 5.69 Å². The summed E-state index contributed by atoms with van der Waals surface area (Å²) in [6.45, 7) is 0.191. The zero-order valence-electron chi connectivity index (χ0n) is 12.4. The van der Waals surface area contributed by atoms with Crippen LogP contribution < -0.4 is 4.90 Å². The smallest absolute Gasteiger partial charge is 0.260 e. The monoisotopic (exact) mass is 363 g/mol. The van der Waals surface area contributed by atoms with Crippen LogP contribution in [0.25, 0.3) is 0 Å². The van der Waals surface area contributed by atoms with Crippen molar-refractivity contribution < 1.29 is 13.6 Å². The highest BCUT2D eigenvalue weighted by Gasteiger charge is 2.23. The molecule has 3 rings (SSSR count). The van der Waals surface area contributed by atoms with Crippen molar-refractivity contribution in [2.45, 2.75) is 6.54 Å². The van der Waals surface area contributed by atoms with Gasteiger partial charge in [0.2, 0.25) is 0 Å². The summed E-state index contributed by atoms with van der Waals surface area (Å²) in [5, 5.41) is -0.0411. The number of hydrogen-bond donors (Lipinski definition) is 0. The minimum absolute atomic E-state index is 0.0361. The predicted octanol–water partition coefficient (Wildman–Crippen LogP) is 5.57. The van der Waals surface area contributed by atoms with Crippen LogP contribution in [-0.2, 0) is 6.54 Å². The van der Waals surface area contributed by atoms with Gasteiger partial charge in [-0.15, -0.1) is 0 Å². The predicted molar refractivity (Wildman–Crippen MR) is 92.1 cm³/mol. The number of carbonyl (C=O) groups excluding carboxylic acids is 1. The summed E-state index contributed by atoms with van der Waals surface area (Å²) in [5.41, 5.74) is 0.680. The van der Waals surface area contributed by atoms with Crippen LogP contribution in [0.2, 0.25) is 10.0 Å². The molecule has 0 spiro atoms. The highest BCUT2D eigenvalue weighted by atomic mass is 35.5. The van der Waals surface area contributed by atoms with Gasteiger partial charge in [0.15, 0.2) is 0 Å². The molecular weight excluding hydrogens is 352 g/mol. The van der Waals surface area contributed by atoms with Crippen molar-refractivity contribution in [3.63, 3.8) is 0 Å². The van der Waals surface area contributed by atoms with Gasteiger partial charge in [0.1, 0.15) is 11.6 Å². The first-order chi connectivity index (χ1) is 11.6. The molecule has 0 saturated heterocycles. The molecule has 3 aromatic rings. The summed E-state index contributed by atoms with van der Waals surface area (Å²) >= 11 is 11.8. The topological polar surface area (TPSA) is 33.5 Å². The summed E-state index contributed by atoms with van der Waals surface area (Å²) in [4.78, 5) is 14.4. The van der Waals surface area contributed by atoms with Crippen LogP contribution in [-0.4, -0.2) is 5.91 Å². The van der Waals surface area contributed by atoms with Crippen molar-refractivity contribution in [2.75, 3.05) is 4.90 Å². The van der Waals surface area contributed by atoms with Crippen LogP contribution in [0, 0.1) is 5.82 Å². The Morgan fingerprint density at radius 1 is 1.04 bits per heavy atom. The maximum absolute atomic E-state index is 13.8. The van der Waals surface area contributed by atoms with Crippen LogP contribution in [0.3, 0.4) is 0 Å². The largest absolute Gasteiger partial charge is 0.467 e. The lowest BCUT2D eigenvalue weighted by Crippen LogP contribution is -2.30. The molecule has 122 valence electrons. The van der Waals surface area contributed by atoms with E-state index in [9.17, 15) is 9.18 Å². The van der Waals surface area contributed by atoms with E-state index in [2.05, 4.69) is 0 Å². The lowest BCUT2D eigenvalue weighted by Gasteiger charge is -2.22. The fourth-order valence-electron chi connectivity index (χ4n) is 2.28. The van der Waals surface area contributed by atoms with E-state index >= 15 is 0 Å². The third-order valence-corrected chi connectivity index (χ3v) is 4.05. The molecule has 0 aliphatic rings. The van der Waals surface area contributed by atoms with E-state index in [4.69, 9.17) is 27.6 Å². The van der Waals surface area contributed by atoms with Gasteiger partial charge in [-0.05, 0) is 36.4 Å². The fraction of sp³-hybridized carbons (Fsp3) is 0.0556. The molecule has 0 atom stereocenters. The number of para-hydroxylation sites is 1. The third kappa shape index (κ3) is 3.45. The number of halogens is 3. The van der Waals surface area contributed by atoms with E-state index in [1.165, 1.54) is 17.2 Å². The van der Waals surface area contributed by atoms with E-state index in [1.54, 1.807) is 24.3 Å². The van der Waals surface area contributed by atoms with E-state index in [-0.39, 0.29) is 22.2 Å². The molecule has 0 saturated carbocycles. The summed E-state index contributed by atoms with van der Waals surface area (Å²) in [6, 6.07) is 14.8. The Hall–Kier alpha value is -2.30. The van der Waals surface area contributed by atoms with E-state index in [0.717, 1.165) is 6.07 Å². The number of rotatable bonds is 4. The van der Waals surface area contributed by atoms with Crippen LogP contribution in [0.4, 0.5) is 10.1 Å². The van der Waals surface area contributed by atoms with Gasteiger partial charge in [-0.3, -0.25) is 4.79 Å². The van der Waals surface area contributed by atoms with Crippen LogP contribution >= 0.6 is 23.2 Å². The highest BCUT2D eigenvalue weighted by molar-refractivity contribution is 6.37. The standard InChI is InChI=1S/C18H12Cl2FNO2/c19-15-10-16(20)17(21)9-14(15)18(23)22(11-13-7-4-8-24-13)12-5-2-1-3-6-12/h1-10H,11H2. The average Bonchev–Trinajstić information content (AvgIpc) is 3.09. The van der Waals surface area contributed by atoms with Crippen molar-refractivity contribution in [1.82, 2.24) is 0 Å². The first kappa shape index (κ1) is 16.6. The molecule has 0 aliphatic carbocycles. The van der Waals surface area contributed by atoms with Crippen molar-refractivity contribution >= 4 is 34.8 Å². The second-order valence-electron chi connectivity index (χ2n) is 5.05. The minimum atomic E-state index is -0.699. The number of carbonyl (C=O) groups is 1. The summed E-state index contributed by atoms with van der Waals surface area (Å²) in [5.74, 6) is -0.550. The summed E-state index contributed by atoms with van der Waals surface area (Å²) < 4.78 is 19.1. The Morgan fingerprint density at radius 2 is 1.79 bits per heavy atom. The molecule has 0 unspecified atom stereocenters. The molecule has 24 heavy (non-hydrogen) atoms. The van der Waals surface area contributed by atoms with Crippen LogP contribution in [0.5, 0.6) is 0 Å². The first-order valence-electron chi connectivity index (χ1n) is 7.10. The normalized spacial score (nSPS) is 10.6. The molecule has 1 heterocycles. The van der Waals surface area contributed by atoms with Gasteiger partial charge in [-0.25, -0.2) is 4.39 Å². The van der Waals surface area contributed by atoms with Crippen molar-refractivity contribution in [1.29, 1.82) is 0 Å². The Bertz CT molecular complexity index is 851. The van der Waals surface area contributed by atoms with Gasteiger partial charge in [-0.2, -0.15) is 0 Å². The van der Waals surface area contributed by atoms with Gasteiger partial charge < -0.3 is 9.32 Å². The molecule has 0 bridgehead atoms. The maximum Gasteiger partial charge on any atom is 0.260 e. The third-order valence-electron chi connectivity index (χ3n) is 3.45. The van der Waals surface area contributed by atoms with Crippen molar-refractivity contribution in [3.05, 3.63) is 88.0 Å². The molecule has 6 heteroatoms. The number of nitrogens with zero attached hydrogens (tertiary/aromatic N) is 1. The maximum atomic E-state index is 13.8. The molecule has 0 fully saturated rings. The van der Waals surface area contributed by atoms with Crippen LogP contribution in [0.1, 0.15) is 16.1 Å². The number of hydrogen-bond acceptors (Lipinski definition) is 2. The first-order valence-corrected chi connectivity index (χ1v) is 7.85. The number of benzene rings is 2. The summed E-state index contributed by atoms with van der Waals surface area (Å²) in [6.07, 6.45) is 1.53. The number of anilines is 1. The molecule has 1 aromatic heterocycles. The molecule has 3 nitrogen and oxygen atoms in total. The van der Waals surface area contributed by atoms with Gasteiger partial charge in [0.05, 0.1) is 28.4 Å². The molecule has 2 aromatic carbocycles. The molecule has 0 aliphatic heterocycles. The molecule has 1 amide bonds. The van der Waals surface area contributed by atoms with Crippen molar-refractivity contribution in [3.8, 4) is 0 Å². The Labute approximate surface area is 148 Å². The zero-order chi connectivity index (χ0) is 17.1. The lowest BCUT2D eigenvalue weighted by atomic mass is 10.1. The quantitative estimate of drug-likeness (QED) is 0.567. The zero-order valence-corrected chi connectivity index (χ0v) is 13.9. The van der Waals surface area contributed by atoms with Gasteiger partial charge >= 0.3 is 0 Å². The molecule has 0 radical (unpaired) electrons. The Kier molecular flexibility index (Phi) is 4.88. The van der Waals surface area contributed by atoms with E-state index in [0.29, 0.717) is 11.4 Å². The number of furan rings is 1. The van der Waals surface area contributed by atoms with E-state index in [1.807, 2.05) is 18.2 Å². The lowest BCUT2D eigenvalue weighted by molar-refractivity contribution is 0.0983. The second-order valence-corrected chi connectivity index (χ2v) is 5.87. The molecular formula is C18H12Cl2FNO2.